The van der Waals surface area contributed by atoms with Gasteiger partial charge in [-0.3, -0.25) is 0 Å². The average molecular weight is 342 g/mol. The highest BCUT2D eigenvalue weighted by Crippen LogP contribution is 2.23. The minimum absolute atomic E-state index is 0.116. The van der Waals surface area contributed by atoms with E-state index in [2.05, 4.69) is 15.9 Å². The van der Waals surface area contributed by atoms with Gasteiger partial charge < -0.3 is 4.74 Å². The quantitative estimate of drug-likeness (QED) is 0.771. The van der Waals surface area contributed by atoms with E-state index in [1.165, 1.54) is 0 Å². The summed E-state index contributed by atoms with van der Waals surface area (Å²) in [4.78, 5) is 0. The fraction of sp³-hybridized carbons (Fsp3) is 0.455. The van der Waals surface area contributed by atoms with E-state index in [0.29, 0.717) is 5.75 Å². The van der Waals surface area contributed by atoms with Crippen molar-refractivity contribution in [3.63, 3.8) is 0 Å². The van der Waals surface area contributed by atoms with Gasteiger partial charge in [0.2, 0.25) is 9.05 Å². The van der Waals surface area contributed by atoms with E-state index in [4.69, 9.17) is 15.4 Å². The Bertz CT molecular complexity index is 485. The molecule has 0 radical (unpaired) electrons. The van der Waals surface area contributed by atoms with Gasteiger partial charge in [0.25, 0.3) is 0 Å². The molecular weight excluding hydrogens is 328 g/mol. The Kier molecular flexibility index (Phi) is 4.86. The van der Waals surface area contributed by atoms with Gasteiger partial charge in [0.15, 0.2) is 0 Å². The zero-order valence-electron chi connectivity index (χ0n) is 9.61. The van der Waals surface area contributed by atoms with Gasteiger partial charge in [-0.25, -0.2) is 8.42 Å². The van der Waals surface area contributed by atoms with Crippen LogP contribution in [0.3, 0.4) is 0 Å². The van der Waals surface area contributed by atoms with Crippen LogP contribution in [0.15, 0.2) is 28.7 Å². The second kappa shape index (κ2) is 5.59. The summed E-state index contributed by atoms with van der Waals surface area (Å²) in [5, 5.41) is 0. The summed E-state index contributed by atoms with van der Waals surface area (Å²) in [5.41, 5.74) is -0.525. The second-order valence-electron chi connectivity index (χ2n) is 4.59. The zero-order chi connectivity index (χ0) is 13.1. The number of hydrogen-bond acceptors (Lipinski definition) is 3. The Morgan fingerprint density at radius 2 is 2.06 bits per heavy atom. The number of rotatable bonds is 5. The Labute approximate surface area is 115 Å². The van der Waals surface area contributed by atoms with Crippen molar-refractivity contribution < 1.29 is 13.2 Å². The molecular formula is C11H14BrClO3S. The van der Waals surface area contributed by atoms with Gasteiger partial charge in [-0.05, 0) is 18.2 Å². The minimum Gasteiger partial charge on any atom is -0.493 e. The van der Waals surface area contributed by atoms with Gasteiger partial charge in [0, 0.05) is 20.6 Å². The van der Waals surface area contributed by atoms with Gasteiger partial charge in [0.1, 0.15) is 5.75 Å². The van der Waals surface area contributed by atoms with E-state index < -0.39 is 14.5 Å². The fourth-order valence-corrected chi connectivity index (χ4v) is 3.62. The Morgan fingerprint density at radius 3 is 2.59 bits per heavy atom. The maximum atomic E-state index is 11.0. The molecule has 17 heavy (non-hydrogen) atoms. The van der Waals surface area contributed by atoms with Crippen molar-refractivity contribution in [1.82, 2.24) is 0 Å². The predicted molar refractivity (Wildman–Crippen MR) is 73.1 cm³/mol. The number of halogens is 2. The summed E-state index contributed by atoms with van der Waals surface area (Å²) < 4.78 is 28.5. The minimum atomic E-state index is -3.51. The monoisotopic (exact) mass is 340 g/mol. The van der Waals surface area contributed by atoms with E-state index in [1.807, 2.05) is 24.3 Å². The van der Waals surface area contributed by atoms with Crippen LogP contribution in [0.5, 0.6) is 5.75 Å². The largest absolute Gasteiger partial charge is 0.493 e. The number of hydrogen-bond donors (Lipinski definition) is 0. The van der Waals surface area contributed by atoms with Crippen LogP contribution in [-0.4, -0.2) is 20.8 Å². The van der Waals surface area contributed by atoms with Crippen molar-refractivity contribution in [1.29, 1.82) is 0 Å². The fourth-order valence-electron chi connectivity index (χ4n) is 1.34. The summed E-state index contributed by atoms with van der Waals surface area (Å²) in [7, 11) is 1.72. The van der Waals surface area contributed by atoms with Gasteiger partial charge in [-0.15, -0.1) is 0 Å². The molecule has 0 saturated heterocycles. The summed E-state index contributed by atoms with van der Waals surface area (Å²) in [6, 6.07) is 7.38. The summed E-state index contributed by atoms with van der Waals surface area (Å²) in [6.45, 7) is 3.88. The van der Waals surface area contributed by atoms with Crippen LogP contribution in [0, 0.1) is 5.41 Å². The van der Waals surface area contributed by atoms with Crippen molar-refractivity contribution >= 4 is 35.7 Å². The maximum absolute atomic E-state index is 11.0. The summed E-state index contributed by atoms with van der Waals surface area (Å²) in [6.07, 6.45) is 0. The van der Waals surface area contributed by atoms with Crippen molar-refractivity contribution in [2.24, 2.45) is 5.41 Å². The van der Waals surface area contributed by atoms with Crippen LogP contribution in [0.1, 0.15) is 13.8 Å². The van der Waals surface area contributed by atoms with Crippen LogP contribution in [0.25, 0.3) is 0 Å². The third kappa shape index (κ3) is 6.29. The van der Waals surface area contributed by atoms with E-state index in [1.54, 1.807) is 13.8 Å². The molecule has 0 aliphatic heterocycles. The molecule has 0 fully saturated rings. The lowest BCUT2D eigenvalue weighted by molar-refractivity contribution is 0.200. The lowest BCUT2D eigenvalue weighted by Gasteiger charge is -2.23. The smallest absolute Gasteiger partial charge is 0.233 e. The summed E-state index contributed by atoms with van der Waals surface area (Å²) in [5.74, 6) is 0.578. The molecule has 0 aliphatic carbocycles. The van der Waals surface area contributed by atoms with Gasteiger partial charge in [-0.1, -0.05) is 35.8 Å². The van der Waals surface area contributed by atoms with Gasteiger partial charge >= 0.3 is 0 Å². The standard InChI is InChI=1S/C11H14BrClO3S/c1-11(2,8-17(13,14)15)7-16-10-5-3-4-9(12)6-10/h3-6H,7-8H2,1-2H3. The van der Waals surface area contributed by atoms with Crippen molar-refractivity contribution in [3.05, 3.63) is 28.7 Å². The van der Waals surface area contributed by atoms with E-state index >= 15 is 0 Å². The van der Waals surface area contributed by atoms with Crippen LogP contribution in [0.2, 0.25) is 0 Å². The molecule has 0 bridgehead atoms. The Balaban J connectivity index is 2.61. The predicted octanol–water partition coefficient (Wildman–Crippen LogP) is 3.42. The van der Waals surface area contributed by atoms with Crippen molar-refractivity contribution in [2.75, 3.05) is 12.4 Å². The third-order valence-electron chi connectivity index (χ3n) is 1.99. The van der Waals surface area contributed by atoms with Gasteiger partial charge in [-0.2, -0.15) is 0 Å². The van der Waals surface area contributed by atoms with Crippen LogP contribution in [0.4, 0.5) is 0 Å². The molecule has 0 aliphatic rings. The Morgan fingerprint density at radius 1 is 1.41 bits per heavy atom. The molecule has 0 amide bonds. The van der Waals surface area contributed by atoms with Gasteiger partial charge in [0.05, 0.1) is 12.4 Å². The Hall–Kier alpha value is -0.260. The zero-order valence-corrected chi connectivity index (χ0v) is 12.8. The first-order valence-corrected chi connectivity index (χ1v) is 8.26. The lowest BCUT2D eigenvalue weighted by Crippen LogP contribution is -2.28. The molecule has 0 heterocycles. The van der Waals surface area contributed by atoms with Crippen molar-refractivity contribution in [2.45, 2.75) is 13.8 Å². The number of benzene rings is 1. The molecule has 6 heteroatoms. The number of ether oxygens (including phenoxy) is 1. The normalized spacial score (nSPS) is 12.5. The topological polar surface area (TPSA) is 43.4 Å². The first-order chi connectivity index (χ1) is 7.68. The molecule has 0 spiro atoms. The molecule has 0 aromatic heterocycles. The molecule has 1 aromatic rings. The van der Waals surface area contributed by atoms with E-state index in [-0.39, 0.29) is 12.4 Å². The lowest BCUT2D eigenvalue weighted by atomic mass is 9.98. The molecule has 1 rings (SSSR count). The molecule has 0 saturated carbocycles. The maximum Gasteiger partial charge on any atom is 0.233 e. The van der Waals surface area contributed by atoms with E-state index in [9.17, 15) is 8.42 Å². The third-order valence-corrected chi connectivity index (χ3v) is 3.94. The molecule has 1 aromatic carbocycles. The SMILES string of the molecule is CC(C)(COc1cccc(Br)c1)CS(=O)(=O)Cl. The molecule has 96 valence electrons. The van der Waals surface area contributed by atoms with E-state index in [0.717, 1.165) is 4.47 Å². The van der Waals surface area contributed by atoms with Crippen LogP contribution < -0.4 is 4.74 Å². The molecule has 3 nitrogen and oxygen atoms in total. The highest BCUT2D eigenvalue weighted by molar-refractivity contribution is 9.10. The first-order valence-electron chi connectivity index (χ1n) is 4.99. The molecule has 0 N–H and O–H groups in total. The molecule has 0 atom stereocenters. The van der Waals surface area contributed by atoms with Crippen LogP contribution >= 0.6 is 26.6 Å². The van der Waals surface area contributed by atoms with Crippen molar-refractivity contribution in [3.8, 4) is 5.75 Å². The van der Waals surface area contributed by atoms with Crippen LogP contribution in [-0.2, 0) is 9.05 Å². The highest BCUT2D eigenvalue weighted by Gasteiger charge is 2.25. The first kappa shape index (κ1) is 14.8. The summed E-state index contributed by atoms with van der Waals surface area (Å²) >= 11 is 3.33. The average Bonchev–Trinajstić information content (AvgIpc) is 2.11. The molecule has 0 unspecified atom stereocenters. The second-order valence-corrected chi connectivity index (χ2v) is 8.29. The highest BCUT2D eigenvalue weighted by atomic mass is 79.9.